The van der Waals surface area contributed by atoms with Gasteiger partial charge < -0.3 is 14.8 Å². The molecule has 1 saturated heterocycles. The van der Waals surface area contributed by atoms with Crippen LogP contribution in [0.15, 0.2) is 36.7 Å². The van der Waals surface area contributed by atoms with Gasteiger partial charge >= 0.3 is 0 Å². The first-order valence-corrected chi connectivity index (χ1v) is 11.4. The number of fused-ring (bicyclic) bond motifs is 1. The van der Waals surface area contributed by atoms with Crippen LogP contribution in [0.4, 0.5) is 0 Å². The van der Waals surface area contributed by atoms with Crippen LogP contribution in [-0.4, -0.2) is 65.3 Å². The summed E-state index contributed by atoms with van der Waals surface area (Å²) >= 11 is 0. The van der Waals surface area contributed by atoms with Crippen LogP contribution >= 0.6 is 0 Å². The van der Waals surface area contributed by atoms with Gasteiger partial charge in [-0.3, -0.25) is 9.69 Å². The molecule has 0 radical (unpaired) electrons. The van der Waals surface area contributed by atoms with Crippen molar-refractivity contribution in [3.63, 3.8) is 0 Å². The zero-order chi connectivity index (χ0) is 21.1. The summed E-state index contributed by atoms with van der Waals surface area (Å²) in [5.41, 5.74) is 1.66. The highest BCUT2D eigenvalue weighted by atomic mass is 16.5. The molecule has 7 heteroatoms. The molecule has 1 amide bonds. The quantitative estimate of drug-likeness (QED) is 0.798. The van der Waals surface area contributed by atoms with Crippen LogP contribution in [0.3, 0.4) is 0 Å². The van der Waals surface area contributed by atoms with E-state index in [9.17, 15) is 4.79 Å². The maximum atomic E-state index is 13.5. The van der Waals surface area contributed by atoms with Gasteiger partial charge in [0.05, 0.1) is 25.3 Å². The molecular weight excluding hydrogens is 392 g/mol. The summed E-state index contributed by atoms with van der Waals surface area (Å²) in [5.74, 6) is 1.66. The van der Waals surface area contributed by atoms with Gasteiger partial charge in [-0.05, 0) is 30.5 Å². The Morgan fingerprint density at radius 2 is 1.87 bits per heavy atom. The Balaban J connectivity index is 1.27. The summed E-state index contributed by atoms with van der Waals surface area (Å²) in [6.07, 6.45) is 9.47. The lowest BCUT2D eigenvalue weighted by Crippen LogP contribution is -2.62. The van der Waals surface area contributed by atoms with Gasteiger partial charge in [0.15, 0.2) is 5.82 Å². The number of rotatable bonds is 5. The van der Waals surface area contributed by atoms with Crippen LogP contribution in [0.2, 0.25) is 0 Å². The fraction of sp³-hybridized carbons (Fsp3) is 0.542. The number of amides is 1. The molecule has 1 N–H and O–H groups in total. The minimum absolute atomic E-state index is 0.0749. The molecule has 7 nitrogen and oxygen atoms in total. The molecule has 2 aliphatic heterocycles. The van der Waals surface area contributed by atoms with Gasteiger partial charge in [0.25, 0.3) is 0 Å². The number of morpholine rings is 1. The Bertz CT molecular complexity index is 908. The van der Waals surface area contributed by atoms with Crippen LogP contribution in [-0.2, 0) is 16.0 Å². The van der Waals surface area contributed by atoms with Crippen molar-refractivity contribution in [1.29, 1.82) is 0 Å². The molecule has 0 spiro atoms. The third-order valence-electron chi connectivity index (χ3n) is 6.85. The molecule has 164 valence electrons. The van der Waals surface area contributed by atoms with Crippen molar-refractivity contribution >= 4 is 5.91 Å². The smallest absolute Gasteiger partial charge is 0.240 e. The number of aromatic nitrogens is 2. The molecule has 31 heavy (non-hydrogen) atoms. The Morgan fingerprint density at radius 1 is 1.10 bits per heavy atom. The predicted octanol–water partition coefficient (Wildman–Crippen LogP) is 2.60. The van der Waals surface area contributed by atoms with Gasteiger partial charge in [-0.15, -0.1) is 0 Å². The zero-order valence-corrected chi connectivity index (χ0v) is 17.9. The van der Waals surface area contributed by atoms with Crippen molar-refractivity contribution in [3.8, 4) is 17.1 Å². The SMILES string of the molecule is O=C(NCC1Cc2cccc(-c3ncccn3)c2O1)C1(N2CCOCC2)CCCCC1. The highest BCUT2D eigenvalue weighted by Gasteiger charge is 2.45. The van der Waals surface area contributed by atoms with Crippen LogP contribution in [0.1, 0.15) is 37.7 Å². The summed E-state index contributed by atoms with van der Waals surface area (Å²) < 4.78 is 11.8. The first kappa shape index (κ1) is 20.4. The highest BCUT2D eigenvalue weighted by molar-refractivity contribution is 5.86. The third-order valence-corrected chi connectivity index (χ3v) is 6.85. The molecule has 2 aromatic rings. The van der Waals surface area contributed by atoms with Crippen LogP contribution < -0.4 is 10.1 Å². The molecule has 0 bridgehead atoms. The number of carbonyl (C=O) groups is 1. The zero-order valence-electron chi connectivity index (χ0n) is 17.9. The van der Waals surface area contributed by atoms with E-state index >= 15 is 0 Å². The van der Waals surface area contributed by atoms with E-state index in [1.165, 1.54) is 6.42 Å². The summed E-state index contributed by atoms with van der Waals surface area (Å²) in [6.45, 7) is 3.59. The average molecular weight is 423 g/mol. The minimum atomic E-state index is -0.392. The van der Waals surface area contributed by atoms with Crippen molar-refractivity contribution in [1.82, 2.24) is 20.2 Å². The van der Waals surface area contributed by atoms with Gasteiger partial charge in [-0.2, -0.15) is 0 Å². The first-order valence-electron chi connectivity index (χ1n) is 11.4. The number of ether oxygens (including phenoxy) is 2. The summed E-state index contributed by atoms with van der Waals surface area (Å²) in [4.78, 5) is 24.6. The van der Waals surface area contributed by atoms with E-state index < -0.39 is 5.54 Å². The molecule has 1 atom stereocenters. The topological polar surface area (TPSA) is 76.6 Å². The van der Waals surface area contributed by atoms with E-state index in [1.807, 2.05) is 12.1 Å². The number of benzene rings is 1. The fourth-order valence-electron chi connectivity index (χ4n) is 5.25. The molecule has 3 heterocycles. The standard InChI is InChI=1S/C24H30N4O3/c29-23(24(8-2-1-3-9-24)28-12-14-30-15-13-28)27-17-19-16-18-6-4-7-20(21(18)31-19)22-25-10-5-11-26-22/h4-7,10-11,19H,1-3,8-9,12-17H2,(H,27,29). The highest BCUT2D eigenvalue weighted by Crippen LogP contribution is 2.38. The van der Waals surface area contributed by atoms with Crippen LogP contribution in [0.25, 0.3) is 11.4 Å². The fourth-order valence-corrected chi connectivity index (χ4v) is 5.25. The van der Waals surface area contributed by atoms with Gasteiger partial charge in [0.1, 0.15) is 17.4 Å². The molecule has 1 aromatic heterocycles. The van der Waals surface area contributed by atoms with Gasteiger partial charge in [-0.25, -0.2) is 9.97 Å². The van der Waals surface area contributed by atoms with Crippen molar-refractivity contribution in [3.05, 3.63) is 42.2 Å². The molecule has 1 aliphatic carbocycles. The monoisotopic (exact) mass is 422 g/mol. The Labute approximate surface area is 183 Å². The van der Waals surface area contributed by atoms with Gasteiger partial charge in [0, 0.05) is 31.9 Å². The number of nitrogens with one attached hydrogen (secondary N) is 1. The Morgan fingerprint density at radius 3 is 2.65 bits per heavy atom. The maximum Gasteiger partial charge on any atom is 0.240 e. The molecule has 5 rings (SSSR count). The Kier molecular flexibility index (Phi) is 5.87. The predicted molar refractivity (Wildman–Crippen MR) is 117 cm³/mol. The lowest BCUT2D eigenvalue weighted by molar-refractivity contribution is -0.140. The number of nitrogens with zero attached hydrogens (tertiary/aromatic N) is 3. The minimum Gasteiger partial charge on any atom is -0.487 e. The lowest BCUT2D eigenvalue weighted by atomic mass is 9.79. The largest absolute Gasteiger partial charge is 0.487 e. The lowest BCUT2D eigenvalue weighted by Gasteiger charge is -2.46. The summed E-state index contributed by atoms with van der Waals surface area (Å²) in [7, 11) is 0. The van der Waals surface area contributed by atoms with E-state index in [1.54, 1.807) is 18.5 Å². The average Bonchev–Trinajstić information content (AvgIpc) is 3.27. The summed E-state index contributed by atoms with van der Waals surface area (Å²) in [5, 5.41) is 3.25. The Hall–Kier alpha value is -2.51. The maximum absolute atomic E-state index is 13.5. The number of hydrogen-bond acceptors (Lipinski definition) is 6. The van der Waals surface area contributed by atoms with E-state index in [-0.39, 0.29) is 12.0 Å². The third kappa shape index (κ3) is 4.04. The molecule has 2 fully saturated rings. The second-order valence-electron chi connectivity index (χ2n) is 8.71. The number of hydrogen-bond donors (Lipinski definition) is 1. The second kappa shape index (κ2) is 8.93. The van der Waals surface area contributed by atoms with E-state index in [2.05, 4.69) is 26.3 Å². The molecule has 1 aromatic carbocycles. The van der Waals surface area contributed by atoms with Crippen LogP contribution in [0.5, 0.6) is 5.75 Å². The van der Waals surface area contributed by atoms with E-state index in [0.29, 0.717) is 25.6 Å². The summed E-state index contributed by atoms with van der Waals surface area (Å²) in [6, 6.07) is 7.90. The van der Waals surface area contributed by atoms with Crippen LogP contribution in [0, 0.1) is 0 Å². The van der Waals surface area contributed by atoms with E-state index in [0.717, 1.165) is 62.1 Å². The normalized spacial score (nSPS) is 23.0. The van der Waals surface area contributed by atoms with E-state index in [4.69, 9.17) is 9.47 Å². The van der Waals surface area contributed by atoms with Crippen molar-refractivity contribution in [2.75, 3.05) is 32.8 Å². The molecule has 3 aliphatic rings. The molecule has 1 saturated carbocycles. The second-order valence-corrected chi connectivity index (χ2v) is 8.71. The van der Waals surface area contributed by atoms with Crippen molar-refractivity contribution in [2.45, 2.75) is 50.2 Å². The molecular formula is C24H30N4O3. The first-order chi connectivity index (χ1) is 15.3. The van der Waals surface area contributed by atoms with Gasteiger partial charge in [-0.1, -0.05) is 31.4 Å². The number of carbonyl (C=O) groups excluding carboxylic acids is 1. The molecule has 1 unspecified atom stereocenters. The van der Waals surface area contributed by atoms with Crippen molar-refractivity contribution in [2.24, 2.45) is 0 Å². The van der Waals surface area contributed by atoms with Gasteiger partial charge in [0.2, 0.25) is 5.91 Å². The van der Waals surface area contributed by atoms with Crippen molar-refractivity contribution < 1.29 is 14.3 Å². The number of para-hydroxylation sites is 1.